The normalized spacial score (nSPS) is 10.8. The van der Waals surface area contributed by atoms with E-state index < -0.39 is 0 Å². The standard InChI is InChI=1S/C15H12N2O2/c1-16-10-14(13-4-2-3-5-15(13)16)11-6-8-12(9-7-11)17(18)19/h2-10H,1H3. The van der Waals surface area contributed by atoms with E-state index in [1.807, 2.05) is 25.4 Å². The number of hydrogen-bond donors (Lipinski definition) is 0. The van der Waals surface area contributed by atoms with Gasteiger partial charge >= 0.3 is 0 Å². The lowest BCUT2D eigenvalue weighted by Crippen LogP contribution is -1.86. The molecule has 3 rings (SSSR count). The molecule has 0 unspecified atom stereocenters. The molecule has 19 heavy (non-hydrogen) atoms. The summed E-state index contributed by atoms with van der Waals surface area (Å²) in [7, 11) is 2.00. The smallest absolute Gasteiger partial charge is 0.269 e. The maximum atomic E-state index is 10.7. The Bertz CT molecular complexity index is 757. The molecule has 0 spiro atoms. The molecule has 4 nitrogen and oxygen atoms in total. The van der Waals surface area contributed by atoms with Crippen molar-refractivity contribution in [2.45, 2.75) is 0 Å². The van der Waals surface area contributed by atoms with Gasteiger partial charge < -0.3 is 4.57 Å². The van der Waals surface area contributed by atoms with Crippen LogP contribution in [0.25, 0.3) is 22.0 Å². The fourth-order valence-electron chi connectivity index (χ4n) is 2.33. The molecule has 0 aliphatic carbocycles. The van der Waals surface area contributed by atoms with E-state index in [1.165, 1.54) is 12.1 Å². The van der Waals surface area contributed by atoms with Gasteiger partial charge in [0.2, 0.25) is 0 Å². The Morgan fingerprint density at radius 1 is 1.05 bits per heavy atom. The molecule has 0 amide bonds. The third kappa shape index (κ3) is 1.87. The summed E-state index contributed by atoms with van der Waals surface area (Å²) in [6.45, 7) is 0. The molecule has 0 aliphatic heterocycles. The number of nitrogens with zero attached hydrogens (tertiary/aromatic N) is 2. The van der Waals surface area contributed by atoms with Crippen molar-refractivity contribution in [1.82, 2.24) is 4.57 Å². The first kappa shape index (κ1) is 11.5. The van der Waals surface area contributed by atoms with Crippen LogP contribution >= 0.6 is 0 Å². The number of nitro groups is 1. The molecule has 0 saturated heterocycles. The van der Waals surface area contributed by atoms with Crippen molar-refractivity contribution in [1.29, 1.82) is 0 Å². The lowest BCUT2D eigenvalue weighted by Gasteiger charge is -1.99. The van der Waals surface area contributed by atoms with Crippen LogP contribution in [0.1, 0.15) is 0 Å². The summed E-state index contributed by atoms with van der Waals surface area (Å²) in [6.07, 6.45) is 2.05. The van der Waals surface area contributed by atoms with Gasteiger partial charge in [0.05, 0.1) is 4.92 Å². The minimum Gasteiger partial charge on any atom is -0.350 e. The summed E-state index contributed by atoms with van der Waals surface area (Å²) in [5.41, 5.74) is 3.34. The summed E-state index contributed by atoms with van der Waals surface area (Å²) in [5, 5.41) is 11.8. The highest BCUT2D eigenvalue weighted by Crippen LogP contribution is 2.30. The molecule has 0 aliphatic rings. The van der Waals surface area contributed by atoms with Crippen LogP contribution in [-0.4, -0.2) is 9.49 Å². The average Bonchev–Trinajstić information content (AvgIpc) is 2.77. The second-order valence-electron chi connectivity index (χ2n) is 4.47. The summed E-state index contributed by atoms with van der Waals surface area (Å²) in [5.74, 6) is 0. The van der Waals surface area contributed by atoms with E-state index in [0.717, 1.165) is 22.0 Å². The maximum absolute atomic E-state index is 10.7. The van der Waals surface area contributed by atoms with Crippen LogP contribution in [0.4, 0.5) is 5.69 Å². The fraction of sp³-hybridized carbons (Fsp3) is 0.0667. The monoisotopic (exact) mass is 252 g/mol. The van der Waals surface area contributed by atoms with Gasteiger partial charge in [-0.2, -0.15) is 0 Å². The summed E-state index contributed by atoms with van der Waals surface area (Å²) in [4.78, 5) is 10.3. The topological polar surface area (TPSA) is 48.1 Å². The Morgan fingerprint density at radius 2 is 1.74 bits per heavy atom. The molecular formula is C15H12N2O2. The Labute approximate surface area is 110 Å². The first-order chi connectivity index (χ1) is 9.16. The van der Waals surface area contributed by atoms with Crippen LogP contribution in [-0.2, 0) is 7.05 Å². The molecule has 0 fully saturated rings. The molecule has 3 aromatic rings. The van der Waals surface area contributed by atoms with Crippen molar-refractivity contribution < 1.29 is 4.92 Å². The molecule has 4 heteroatoms. The van der Waals surface area contributed by atoms with Crippen molar-refractivity contribution in [3.05, 3.63) is 64.8 Å². The Balaban J connectivity index is 2.16. The average molecular weight is 252 g/mol. The lowest BCUT2D eigenvalue weighted by atomic mass is 10.0. The number of aromatic nitrogens is 1. The van der Waals surface area contributed by atoms with Gasteiger partial charge in [0, 0.05) is 41.8 Å². The van der Waals surface area contributed by atoms with Crippen LogP contribution < -0.4 is 0 Å². The van der Waals surface area contributed by atoms with Crippen molar-refractivity contribution in [3.63, 3.8) is 0 Å². The Kier molecular flexibility index (Phi) is 2.56. The zero-order valence-corrected chi connectivity index (χ0v) is 10.4. The minimum absolute atomic E-state index is 0.115. The fourth-order valence-corrected chi connectivity index (χ4v) is 2.33. The minimum atomic E-state index is -0.382. The second kappa shape index (κ2) is 4.24. The number of fused-ring (bicyclic) bond motifs is 1. The van der Waals surface area contributed by atoms with Crippen LogP contribution in [0.2, 0.25) is 0 Å². The van der Waals surface area contributed by atoms with E-state index in [4.69, 9.17) is 0 Å². The first-order valence-corrected chi connectivity index (χ1v) is 5.96. The van der Waals surface area contributed by atoms with Crippen molar-refractivity contribution in [3.8, 4) is 11.1 Å². The Hall–Kier alpha value is -2.62. The zero-order valence-electron chi connectivity index (χ0n) is 10.4. The number of aryl methyl sites for hydroxylation is 1. The predicted molar refractivity (Wildman–Crippen MR) is 75.0 cm³/mol. The molecule has 94 valence electrons. The molecule has 0 saturated carbocycles. The Morgan fingerprint density at radius 3 is 2.42 bits per heavy atom. The van der Waals surface area contributed by atoms with Gasteiger partial charge in [-0.3, -0.25) is 10.1 Å². The third-order valence-corrected chi connectivity index (χ3v) is 3.29. The first-order valence-electron chi connectivity index (χ1n) is 5.96. The summed E-state index contributed by atoms with van der Waals surface area (Å²) >= 11 is 0. The van der Waals surface area contributed by atoms with Crippen LogP contribution in [0.15, 0.2) is 54.7 Å². The highest BCUT2D eigenvalue weighted by atomic mass is 16.6. The highest BCUT2D eigenvalue weighted by molar-refractivity contribution is 5.96. The molecule has 1 heterocycles. The van der Waals surface area contributed by atoms with Gasteiger partial charge in [-0.25, -0.2) is 0 Å². The van der Waals surface area contributed by atoms with Gasteiger partial charge in [0.25, 0.3) is 5.69 Å². The molecule has 2 aromatic carbocycles. The summed E-state index contributed by atoms with van der Waals surface area (Å²) in [6, 6.07) is 14.8. The number of rotatable bonds is 2. The van der Waals surface area contributed by atoms with E-state index in [2.05, 4.69) is 16.7 Å². The SMILES string of the molecule is Cn1cc(-c2ccc([N+](=O)[O-])cc2)c2ccccc21. The third-order valence-electron chi connectivity index (χ3n) is 3.29. The largest absolute Gasteiger partial charge is 0.350 e. The second-order valence-corrected chi connectivity index (χ2v) is 4.47. The molecule has 0 atom stereocenters. The molecule has 1 aromatic heterocycles. The van der Waals surface area contributed by atoms with E-state index in [-0.39, 0.29) is 10.6 Å². The highest BCUT2D eigenvalue weighted by Gasteiger charge is 2.10. The van der Waals surface area contributed by atoms with Crippen LogP contribution in [0, 0.1) is 10.1 Å². The van der Waals surface area contributed by atoms with E-state index >= 15 is 0 Å². The zero-order chi connectivity index (χ0) is 13.4. The van der Waals surface area contributed by atoms with Crippen molar-refractivity contribution in [2.75, 3.05) is 0 Å². The van der Waals surface area contributed by atoms with E-state index in [1.54, 1.807) is 12.1 Å². The summed E-state index contributed by atoms with van der Waals surface area (Å²) < 4.78 is 2.06. The van der Waals surface area contributed by atoms with Gasteiger partial charge in [0.1, 0.15) is 0 Å². The van der Waals surface area contributed by atoms with Gasteiger partial charge in [0.15, 0.2) is 0 Å². The van der Waals surface area contributed by atoms with Gasteiger partial charge in [-0.15, -0.1) is 0 Å². The molecule has 0 radical (unpaired) electrons. The predicted octanol–water partition coefficient (Wildman–Crippen LogP) is 3.75. The van der Waals surface area contributed by atoms with Crippen LogP contribution in [0.5, 0.6) is 0 Å². The maximum Gasteiger partial charge on any atom is 0.269 e. The molecule has 0 N–H and O–H groups in total. The number of benzene rings is 2. The van der Waals surface area contributed by atoms with Crippen molar-refractivity contribution >= 4 is 16.6 Å². The van der Waals surface area contributed by atoms with Crippen molar-refractivity contribution in [2.24, 2.45) is 7.05 Å². The molecule has 0 bridgehead atoms. The van der Waals surface area contributed by atoms with E-state index in [9.17, 15) is 10.1 Å². The van der Waals surface area contributed by atoms with Gasteiger partial charge in [-0.1, -0.05) is 18.2 Å². The van der Waals surface area contributed by atoms with Crippen LogP contribution in [0.3, 0.4) is 0 Å². The lowest BCUT2D eigenvalue weighted by molar-refractivity contribution is -0.384. The number of para-hydroxylation sites is 1. The van der Waals surface area contributed by atoms with Gasteiger partial charge in [-0.05, 0) is 23.8 Å². The molecular weight excluding hydrogens is 240 g/mol. The van der Waals surface area contributed by atoms with E-state index in [0.29, 0.717) is 0 Å². The number of nitro benzene ring substituents is 1. The quantitative estimate of drug-likeness (QED) is 0.515. The number of hydrogen-bond acceptors (Lipinski definition) is 2. The number of non-ortho nitro benzene ring substituents is 1.